The van der Waals surface area contributed by atoms with Gasteiger partial charge in [-0.1, -0.05) is 43.7 Å². The number of benzene rings is 2. The first-order valence-corrected chi connectivity index (χ1v) is 9.92. The topological polar surface area (TPSA) is 62.7 Å². The summed E-state index contributed by atoms with van der Waals surface area (Å²) in [5.74, 6) is 0.739. The van der Waals surface area contributed by atoms with Gasteiger partial charge < -0.3 is 10.1 Å². The minimum absolute atomic E-state index is 0.121. The highest BCUT2D eigenvalue weighted by molar-refractivity contribution is 6.10. The third-order valence-electron chi connectivity index (χ3n) is 4.83. The number of nitrogens with one attached hydrogen (secondary N) is 2. The molecule has 1 heterocycles. The van der Waals surface area contributed by atoms with Gasteiger partial charge in [0.1, 0.15) is 0 Å². The molecule has 1 aliphatic rings. The van der Waals surface area contributed by atoms with Gasteiger partial charge in [0.05, 0.1) is 12.6 Å². The van der Waals surface area contributed by atoms with Crippen LogP contribution in [0.15, 0.2) is 53.5 Å². The molecule has 0 spiro atoms. The Morgan fingerprint density at radius 2 is 2.00 bits per heavy atom. The highest BCUT2D eigenvalue weighted by Gasteiger charge is 2.16. The van der Waals surface area contributed by atoms with Crippen molar-refractivity contribution in [3.05, 3.63) is 65.2 Å². The monoisotopic (exact) mass is 379 g/mol. The average molecular weight is 380 g/mol. The van der Waals surface area contributed by atoms with Gasteiger partial charge in [0.25, 0.3) is 5.91 Å². The van der Waals surface area contributed by atoms with Crippen LogP contribution in [0.25, 0.3) is 0 Å². The Morgan fingerprint density at radius 1 is 1.21 bits per heavy atom. The Bertz CT molecular complexity index is 822. The Kier molecular flexibility index (Phi) is 6.82. The molecule has 0 radical (unpaired) electrons. The molecule has 1 atom stereocenters. The summed E-state index contributed by atoms with van der Waals surface area (Å²) in [6, 6.07) is 15.7. The number of guanidine groups is 1. The van der Waals surface area contributed by atoms with E-state index in [-0.39, 0.29) is 12.0 Å². The summed E-state index contributed by atoms with van der Waals surface area (Å²) in [6.07, 6.45) is 2.19. The molecule has 0 saturated carbocycles. The SMILES string of the molecule is Cc1cccc(C(=O)NC(=NCC2CCCO2)Nc2ccc(C(C)C)cc2)c1. The number of aliphatic imine (C=N–C) groups is 1. The summed E-state index contributed by atoms with van der Waals surface area (Å²) < 4.78 is 5.65. The Balaban J connectivity index is 1.74. The molecule has 1 amide bonds. The molecule has 0 bridgehead atoms. The molecule has 148 valence electrons. The molecule has 1 fully saturated rings. The third kappa shape index (κ3) is 5.67. The third-order valence-corrected chi connectivity index (χ3v) is 4.83. The Hall–Kier alpha value is -2.66. The lowest BCUT2D eigenvalue weighted by Gasteiger charge is -2.14. The van der Waals surface area contributed by atoms with Crippen molar-refractivity contribution in [1.29, 1.82) is 0 Å². The maximum absolute atomic E-state index is 12.7. The average Bonchev–Trinajstić information content (AvgIpc) is 3.20. The zero-order valence-electron chi connectivity index (χ0n) is 16.9. The first-order chi connectivity index (χ1) is 13.5. The molecule has 28 heavy (non-hydrogen) atoms. The van der Waals surface area contributed by atoms with Gasteiger partial charge in [-0.15, -0.1) is 0 Å². The molecule has 3 rings (SSSR count). The first-order valence-electron chi connectivity index (χ1n) is 9.92. The van der Waals surface area contributed by atoms with E-state index in [0.717, 1.165) is 30.7 Å². The van der Waals surface area contributed by atoms with Crippen molar-refractivity contribution >= 4 is 17.6 Å². The summed E-state index contributed by atoms with van der Waals surface area (Å²) in [4.78, 5) is 17.3. The Morgan fingerprint density at radius 3 is 2.64 bits per heavy atom. The van der Waals surface area contributed by atoms with Crippen molar-refractivity contribution in [3.63, 3.8) is 0 Å². The molecule has 1 unspecified atom stereocenters. The molecule has 0 aromatic heterocycles. The van der Waals surface area contributed by atoms with Gasteiger partial charge in [-0.3, -0.25) is 10.1 Å². The summed E-state index contributed by atoms with van der Waals surface area (Å²) >= 11 is 0. The van der Waals surface area contributed by atoms with Crippen LogP contribution in [-0.4, -0.2) is 31.1 Å². The van der Waals surface area contributed by atoms with Gasteiger partial charge in [-0.05, 0) is 55.5 Å². The Labute approximate surface area is 167 Å². The van der Waals surface area contributed by atoms with E-state index < -0.39 is 0 Å². The standard InChI is InChI=1S/C23H29N3O2/c1-16(2)18-9-11-20(12-10-18)25-23(24-15-21-8-5-13-28-21)26-22(27)19-7-4-6-17(3)14-19/h4,6-7,9-12,14,16,21H,5,8,13,15H2,1-3H3,(H2,24,25,26,27). The van der Waals surface area contributed by atoms with Crippen molar-refractivity contribution < 1.29 is 9.53 Å². The molecule has 5 heteroatoms. The van der Waals surface area contributed by atoms with E-state index in [0.29, 0.717) is 24.0 Å². The van der Waals surface area contributed by atoms with Gasteiger partial charge in [0.2, 0.25) is 5.96 Å². The predicted molar refractivity (Wildman–Crippen MR) is 114 cm³/mol. The predicted octanol–water partition coefficient (Wildman–Crippen LogP) is 4.50. The van der Waals surface area contributed by atoms with E-state index in [1.165, 1.54) is 5.56 Å². The molecule has 2 aromatic rings. The summed E-state index contributed by atoms with van der Waals surface area (Å²) in [7, 11) is 0. The van der Waals surface area contributed by atoms with E-state index in [4.69, 9.17) is 4.74 Å². The number of hydrogen-bond acceptors (Lipinski definition) is 3. The second kappa shape index (κ2) is 9.51. The fraction of sp³-hybridized carbons (Fsp3) is 0.391. The van der Waals surface area contributed by atoms with E-state index in [1.54, 1.807) is 6.07 Å². The van der Waals surface area contributed by atoms with Crippen molar-refractivity contribution in [1.82, 2.24) is 5.32 Å². The van der Waals surface area contributed by atoms with Gasteiger partial charge in [0, 0.05) is 17.9 Å². The van der Waals surface area contributed by atoms with Gasteiger partial charge in [-0.25, -0.2) is 4.99 Å². The minimum atomic E-state index is -0.180. The number of carbonyl (C=O) groups excluding carboxylic acids is 1. The van der Waals surface area contributed by atoms with E-state index in [9.17, 15) is 4.79 Å². The lowest BCUT2D eigenvalue weighted by Crippen LogP contribution is -2.36. The van der Waals surface area contributed by atoms with Crippen LogP contribution in [-0.2, 0) is 4.74 Å². The zero-order chi connectivity index (χ0) is 19.9. The van der Waals surface area contributed by atoms with Crippen LogP contribution in [0.3, 0.4) is 0 Å². The lowest BCUT2D eigenvalue weighted by atomic mass is 10.0. The lowest BCUT2D eigenvalue weighted by molar-refractivity contribution is 0.0975. The van der Waals surface area contributed by atoms with Crippen molar-refractivity contribution in [2.75, 3.05) is 18.5 Å². The maximum atomic E-state index is 12.7. The second-order valence-corrected chi connectivity index (χ2v) is 7.55. The molecular formula is C23H29N3O2. The van der Waals surface area contributed by atoms with E-state index in [1.807, 2.05) is 37.3 Å². The number of amides is 1. The number of ether oxygens (including phenoxy) is 1. The number of aryl methyl sites for hydroxylation is 1. The smallest absolute Gasteiger partial charge is 0.257 e. The number of anilines is 1. The molecule has 1 aliphatic heterocycles. The fourth-order valence-electron chi connectivity index (χ4n) is 3.15. The molecule has 0 aliphatic carbocycles. The number of rotatable bonds is 5. The van der Waals surface area contributed by atoms with Crippen molar-refractivity contribution in [2.45, 2.75) is 45.6 Å². The minimum Gasteiger partial charge on any atom is -0.376 e. The normalized spacial score (nSPS) is 17.0. The quantitative estimate of drug-likeness (QED) is 0.594. The van der Waals surface area contributed by atoms with E-state index >= 15 is 0 Å². The first kappa shape index (κ1) is 20.1. The van der Waals surface area contributed by atoms with Crippen LogP contribution in [0.5, 0.6) is 0 Å². The van der Waals surface area contributed by atoms with Gasteiger partial charge >= 0.3 is 0 Å². The van der Waals surface area contributed by atoms with E-state index in [2.05, 4.69) is 41.6 Å². The summed E-state index contributed by atoms with van der Waals surface area (Å²) in [5.41, 5.74) is 3.82. The molecule has 2 aromatic carbocycles. The van der Waals surface area contributed by atoms with Gasteiger partial charge in [-0.2, -0.15) is 0 Å². The summed E-state index contributed by atoms with van der Waals surface area (Å²) in [6.45, 7) is 7.62. The number of hydrogen-bond donors (Lipinski definition) is 2. The molecular weight excluding hydrogens is 350 g/mol. The van der Waals surface area contributed by atoms with Crippen LogP contribution in [0.4, 0.5) is 5.69 Å². The zero-order valence-corrected chi connectivity index (χ0v) is 16.9. The van der Waals surface area contributed by atoms with Crippen molar-refractivity contribution in [2.24, 2.45) is 4.99 Å². The van der Waals surface area contributed by atoms with Crippen LogP contribution in [0, 0.1) is 6.92 Å². The highest BCUT2D eigenvalue weighted by atomic mass is 16.5. The molecule has 5 nitrogen and oxygen atoms in total. The largest absolute Gasteiger partial charge is 0.376 e. The molecule has 1 saturated heterocycles. The van der Waals surface area contributed by atoms with Crippen LogP contribution >= 0.6 is 0 Å². The van der Waals surface area contributed by atoms with Crippen LogP contribution in [0.2, 0.25) is 0 Å². The maximum Gasteiger partial charge on any atom is 0.257 e. The molecule has 2 N–H and O–H groups in total. The van der Waals surface area contributed by atoms with Gasteiger partial charge in [0.15, 0.2) is 0 Å². The fourth-order valence-corrected chi connectivity index (χ4v) is 3.15. The van der Waals surface area contributed by atoms with Crippen LogP contribution < -0.4 is 10.6 Å². The number of nitrogens with zero attached hydrogens (tertiary/aromatic N) is 1. The van der Waals surface area contributed by atoms with Crippen LogP contribution in [0.1, 0.15) is 54.1 Å². The highest BCUT2D eigenvalue weighted by Crippen LogP contribution is 2.17. The van der Waals surface area contributed by atoms with Crippen molar-refractivity contribution in [3.8, 4) is 0 Å². The number of carbonyl (C=O) groups is 1. The summed E-state index contributed by atoms with van der Waals surface area (Å²) in [5, 5.41) is 6.16. The second-order valence-electron chi connectivity index (χ2n) is 7.55.